The molecule has 2 rings (SSSR count). The maximum Gasteiger partial charge on any atom is 0.167 e. The Labute approximate surface area is 98.9 Å². The minimum Gasteiger partial charge on any atom is -0.508 e. The number of ketones is 2. The molecule has 1 aromatic rings. The van der Waals surface area contributed by atoms with Gasteiger partial charge in [-0.15, -0.1) is 0 Å². The molecule has 1 aromatic carbocycles. The van der Waals surface area contributed by atoms with Gasteiger partial charge in [0, 0.05) is 23.5 Å². The van der Waals surface area contributed by atoms with Gasteiger partial charge >= 0.3 is 0 Å². The van der Waals surface area contributed by atoms with Gasteiger partial charge in [0.1, 0.15) is 11.5 Å². The van der Waals surface area contributed by atoms with Gasteiger partial charge in [0.2, 0.25) is 0 Å². The number of aliphatic hydroxyl groups excluding tert-OH is 1. The van der Waals surface area contributed by atoms with Crippen LogP contribution in [-0.4, -0.2) is 21.8 Å². The van der Waals surface area contributed by atoms with Crippen molar-refractivity contribution in [1.82, 2.24) is 0 Å². The minimum atomic E-state index is -0.881. The topological polar surface area (TPSA) is 74.6 Å². The summed E-state index contributed by atoms with van der Waals surface area (Å²) in [4.78, 5) is 23.1. The van der Waals surface area contributed by atoms with Crippen molar-refractivity contribution in [2.45, 2.75) is 25.9 Å². The summed E-state index contributed by atoms with van der Waals surface area (Å²) in [6.07, 6.45) is -0.540. The molecule has 4 nitrogen and oxygen atoms in total. The number of phenols is 1. The molecule has 0 spiro atoms. The minimum absolute atomic E-state index is 0.0652. The van der Waals surface area contributed by atoms with Crippen LogP contribution < -0.4 is 0 Å². The molecule has 1 aliphatic rings. The highest BCUT2D eigenvalue weighted by Crippen LogP contribution is 2.39. The molecular weight excluding hydrogens is 220 g/mol. The Hall–Kier alpha value is -1.68. The monoisotopic (exact) mass is 234 g/mol. The second-order valence-electron chi connectivity index (χ2n) is 4.46. The van der Waals surface area contributed by atoms with Crippen molar-refractivity contribution in [1.29, 1.82) is 0 Å². The second kappa shape index (κ2) is 4.30. The van der Waals surface area contributed by atoms with Crippen molar-refractivity contribution in [2.75, 3.05) is 0 Å². The Kier molecular flexibility index (Phi) is 2.98. The molecule has 0 saturated heterocycles. The first-order chi connectivity index (χ1) is 8.00. The first kappa shape index (κ1) is 11.8. The maximum atomic E-state index is 12.1. The van der Waals surface area contributed by atoms with Crippen LogP contribution >= 0.6 is 0 Å². The van der Waals surface area contributed by atoms with Gasteiger partial charge < -0.3 is 15.0 Å². The highest BCUT2D eigenvalue weighted by Gasteiger charge is 2.34. The predicted molar refractivity (Wildman–Crippen MR) is 60.8 cm³/mol. The zero-order chi connectivity index (χ0) is 12.6. The van der Waals surface area contributed by atoms with Gasteiger partial charge in [0.15, 0.2) is 5.78 Å². The molecule has 1 aliphatic carbocycles. The fraction of sp³-hybridized carbons (Fsp3) is 0.385. The molecule has 0 saturated carbocycles. The van der Waals surface area contributed by atoms with Gasteiger partial charge in [0.05, 0.1) is 6.10 Å². The van der Waals surface area contributed by atoms with Gasteiger partial charge in [-0.1, -0.05) is 12.1 Å². The summed E-state index contributed by atoms with van der Waals surface area (Å²) in [5.41, 5.74) is 0.618. The van der Waals surface area contributed by atoms with E-state index in [9.17, 15) is 19.8 Å². The number of hydrogen-bond donors (Lipinski definition) is 2. The molecule has 0 fully saturated rings. The largest absolute Gasteiger partial charge is 0.508 e. The molecule has 0 bridgehead atoms. The van der Waals surface area contributed by atoms with Crippen molar-refractivity contribution < 1.29 is 19.8 Å². The number of aliphatic hydroxyl groups is 1. The molecular formula is C13H14O4. The Balaban J connectivity index is 2.41. The van der Waals surface area contributed by atoms with E-state index in [-0.39, 0.29) is 35.7 Å². The van der Waals surface area contributed by atoms with Crippen LogP contribution in [-0.2, 0) is 4.79 Å². The van der Waals surface area contributed by atoms with E-state index in [0.29, 0.717) is 5.56 Å². The molecule has 17 heavy (non-hydrogen) atoms. The third-order valence-electron chi connectivity index (χ3n) is 3.09. The maximum absolute atomic E-state index is 12.1. The first-order valence-corrected chi connectivity index (χ1v) is 5.54. The summed E-state index contributed by atoms with van der Waals surface area (Å²) < 4.78 is 0. The Morgan fingerprint density at radius 3 is 2.82 bits per heavy atom. The number of hydrogen-bond acceptors (Lipinski definition) is 4. The van der Waals surface area contributed by atoms with E-state index in [0.717, 1.165) is 0 Å². The van der Waals surface area contributed by atoms with Crippen molar-refractivity contribution in [3.8, 4) is 5.75 Å². The van der Waals surface area contributed by atoms with Gasteiger partial charge in [-0.2, -0.15) is 0 Å². The number of fused-ring (bicyclic) bond motifs is 1. The summed E-state index contributed by atoms with van der Waals surface area (Å²) in [6, 6.07) is 4.59. The lowest BCUT2D eigenvalue weighted by Gasteiger charge is -2.27. The van der Waals surface area contributed by atoms with Crippen LogP contribution in [0.15, 0.2) is 18.2 Å². The van der Waals surface area contributed by atoms with E-state index in [4.69, 9.17) is 0 Å². The van der Waals surface area contributed by atoms with Crippen LogP contribution in [0.5, 0.6) is 5.75 Å². The van der Waals surface area contributed by atoms with Crippen LogP contribution in [0, 0.1) is 5.92 Å². The summed E-state index contributed by atoms with van der Waals surface area (Å²) in [7, 11) is 0. The Morgan fingerprint density at radius 1 is 1.47 bits per heavy atom. The number of aromatic hydroxyl groups is 1. The lowest BCUT2D eigenvalue weighted by molar-refractivity contribution is -0.117. The zero-order valence-electron chi connectivity index (χ0n) is 9.51. The standard InChI is InChI=1S/C13H14O4/c1-7(14)5-8-6-11(16)12-9(13(8)17)3-2-4-10(12)15/h2-4,8,11,15-16H,5-6H2,1H3/t8-,11+/m1/s1. The molecule has 0 heterocycles. The Morgan fingerprint density at radius 2 is 2.18 bits per heavy atom. The third kappa shape index (κ3) is 2.08. The number of Topliss-reactive ketones (excluding diaryl/α,β-unsaturated/α-hetero) is 2. The summed E-state index contributed by atoms with van der Waals surface area (Å²) in [5, 5.41) is 19.6. The fourth-order valence-corrected chi connectivity index (χ4v) is 2.36. The lowest BCUT2D eigenvalue weighted by atomic mass is 9.78. The highest BCUT2D eigenvalue weighted by molar-refractivity contribution is 6.02. The van der Waals surface area contributed by atoms with E-state index in [2.05, 4.69) is 0 Å². The van der Waals surface area contributed by atoms with Crippen molar-refractivity contribution >= 4 is 11.6 Å². The molecule has 0 radical (unpaired) electrons. The quantitative estimate of drug-likeness (QED) is 0.815. The summed E-state index contributed by atoms with van der Waals surface area (Å²) in [5.74, 6) is -0.781. The van der Waals surface area contributed by atoms with E-state index in [1.54, 1.807) is 12.1 Å². The van der Waals surface area contributed by atoms with E-state index in [1.165, 1.54) is 13.0 Å². The molecule has 0 unspecified atom stereocenters. The third-order valence-corrected chi connectivity index (χ3v) is 3.09. The van der Waals surface area contributed by atoms with E-state index in [1.807, 2.05) is 0 Å². The smallest absolute Gasteiger partial charge is 0.167 e. The zero-order valence-corrected chi connectivity index (χ0v) is 9.51. The average molecular weight is 234 g/mol. The van der Waals surface area contributed by atoms with Crippen LogP contribution in [0.2, 0.25) is 0 Å². The molecule has 2 N–H and O–H groups in total. The SMILES string of the molecule is CC(=O)C[C@@H]1C[C@H](O)c2c(O)cccc2C1=O. The normalized spacial score (nSPS) is 23.3. The molecule has 0 amide bonds. The second-order valence-corrected chi connectivity index (χ2v) is 4.46. The van der Waals surface area contributed by atoms with Crippen molar-refractivity contribution in [2.24, 2.45) is 5.92 Å². The molecule has 4 heteroatoms. The summed E-state index contributed by atoms with van der Waals surface area (Å²) in [6.45, 7) is 1.43. The van der Waals surface area contributed by atoms with Crippen LogP contribution in [0.1, 0.15) is 41.8 Å². The van der Waals surface area contributed by atoms with Crippen LogP contribution in [0.4, 0.5) is 0 Å². The average Bonchev–Trinajstić information content (AvgIpc) is 2.24. The molecule has 2 atom stereocenters. The number of carbonyl (C=O) groups is 2. The number of carbonyl (C=O) groups excluding carboxylic acids is 2. The van der Waals surface area contributed by atoms with Gasteiger partial charge in [0.25, 0.3) is 0 Å². The van der Waals surface area contributed by atoms with Gasteiger partial charge in [-0.3, -0.25) is 4.79 Å². The first-order valence-electron chi connectivity index (χ1n) is 5.54. The summed E-state index contributed by atoms with van der Waals surface area (Å²) >= 11 is 0. The fourth-order valence-electron chi connectivity index (χ4n) is 2.36. The molecule has 0 aliphatic heterocycles. The van der Waals surface area contributed by atoms with Gasteiger partial charge in [-0.05, 0) is 19.4 Å². The number of phenolic OH excluding ortho intramolecular Hbond substituents is 1. The molecule has 0 aromatic heterocycles. The van der Waals surface area contributed by atoms with Crippen molar-refractivity contribution in [3.05, 3.63) is 29.3 Å². The van der Waals surface area contributed by atoms with E-state index < -0.39 is 12.0 Å². The van der Waals surface area contributed by atoms with E-state index >= 15 is 0 Å². The lowest BCUT2D eigenvalue weighted by Crippen LogP contribution is -2.27. The highest BCUT2D eigenvalue weighted by atomic mass is 16.3. The Bertz CT molecular complexity index is 478. The van der Waals surface area contributed by atoms with Crippen molar-refractivity contribution in [3.63, 3.8) is 0 Å². The van der Waals surface area contributed by atoms with Gasteiger partial charge in [-0.25, -0.2) is 0 Å². The molecule has 90 valence electrons. The van der Waals surface area contributed by atoms with Crippen LogP contribution in [0.3, 0.4) is 0 Å². The number of rotatable bonds is 2. The number of benzene rings is 1. The van der Waals surface area contributed by atoms with Crippen LogP contribution in [0.25, 0.3) is 0 Å². The predicted octanol–water partition coefficient (Wildman–Crippen LogP) is 1.61.